The Bertz CT molecular complexity index is 928. The fraction of sp³-hybridized carbons (Fsp3) is 0.353. The van der Waals surface area contributed by atoms with E-state index in [9.17, 15) is 4.79 Å². The van der Waals surface area contributed by atoms with Crippen molar-refractivity contribution in [2.24, 2.45) is 7.05 Å². The fourth-order valence-electron chi connectivity index (χ4n) is 3.47. The minimum atomic E-state index is 0.0369. The molecular formula is C17H18BrN5O. The third kappa shape index (κ3) is 2.43. The van der Waals surface area contributed by atoms with Crippen molar-refractivity contribution < 1.29 is 4.79 Å². The number of halogens is 1. The predicted molar refractivity (Wildman–Crippen MR) is 94.1 cm³/mol. The van der Waals surface area contributed by atoms with Crippen LogP contribution in [0.5, 0.6) is 0 Å². The van der Waals surface area contributed by atoms with E-state index < -0.39 is 0 Å². The highest BCUT2D eigenvalue weighted by atomic mass is 79.9. The Hall–Kier alpha value is -2.15. The fourth-order valence-corrected chi connectivity index (χ4v) is 3.81. The molecule has 1 aliphatic rings. The summed E-state index contributed by atoms with van der Waals surface area (Å²) >= 11 is 3.47. The molecule has 0 radical (unpaired) electrons. The molecule has 1 atom stereocenters. The van der Waals surface area contributed by atoms with E-state index >= 15 is 0 Å². The van der Waals surface area contributed by atoms with Crippen molar-refractivity contribution >= 4 is 27.5 Å². The normalized spacial score (nSPS) is 17.8. The van der Waals surface area contributed by atoms with Crippen LogP contribution >= 0.6 is 15.9 Å². The summed E-state index contributed by atoms with van der Waals surface area (Å²) in [5, 5.41) is 0. The molecule has 1 unspecified atom stereocenters. The summed E-state index contributed by atoms with van der Waals surface area (Å²) in [5.74, 6) is 1.37. The Morgan fingerprint density at radius 2 is 2.21 bits per heavy atom. The smallest absolute Gasteiger partial charge is 0.272 e. The molecule has 0 N–H and O–H groups in total. The van der Waals surface area contributed by atoms with Gasteiger partial charge in [0.25, 0.3) is 5.91 Å². The Morgan fingerprint density at radius 3 is 2.96 bits per heavy atom. The van der Waals surface area contributed by atoms with Crippen molar-refractivity contribution in [3.8, 4) is 0 Å². The summed E-state index contributed by atoms with van der Waals surface area (Å²) in [4.78, 5) is 23.9. The molecule has 7 heteroatoms. The van der Waals surface area contributed by atoms with Crippen LogP contribution < -0.4 is 0 Å². The minimum Gasteiger partial charge on any atom is -0.338 e. The number of carbonyl (C=O) groups is 1. The number of likely N-dealkylation sites (tertiary alicyclic amines) is 1. The van der Waals surface area contributed by atoms with E-state index in [0.29, 0.717) is 18.2 Å². The largest absolute Gasteiger partial charge is 0.338 e. The minimum absolute atomic E-state index is 0.0369. The molecular weight excluding hydrogens is 370 g/mol. The Morgan fingerprint density at radius 1 is 1.38 bits per heavy atom. The Balaban J connectivity index is 1.64. The van der Waals surface area contributed by atoms with Gasteiger partial charge in [0.15, 0.2) is 0 Å². The summed E-state index contributed by atoms with van der Waals surface area (Å²) in [6.07, 6.45) is 6.60. The summed E-state index contributed by atoms with van der Waals surface area (Å²) in [5.41, 5.74) is 2.20. The number of fused-ring (bicyclic) bond motifs is 1. The van der Waals surface area contributed by atoms with E-state index in [4.69, 9.17) is 0 Å². The van der Waals surface area contributed by atoms with Gasteiger partial charge in [-0.2, -0.15) is 0 Å². The molecule has 24 heavy (non-hydrogen) atoms. The number of imidazole rings is 2. The van der Waals surface area contributed by atoms with Gasteiger partial charge in [-0.15, -0.1) is 0 Å². The SMILES string of the molecule is Cc1nc2ccc(Br)cn2c1C(=O)N1CCC(c2nccn2C)C1. The van der Waals surface area contributed by atoms with Crippen molar-refractivity contribution in [2.45, 2.75) is 19.3 Å². The van der Waals surface area contributed by atoms with Crippen LogP contribution in [0.25, 0.3) is 5.65 Å². The molecule has 124 valence electrons. The van der Waals surface area contributed by atoms with Gasteiger partial charge in [-0.05, 0) is 41.4 Å². The lowest BCUT2D eigenvalue weighted by molar-refractivity contribution is 0.0782. The molecule has 1 fully saturated rings. The molecule has 6 nitrogen and oxygen atoms in total. The van der Waals surface area contributed by atoms with E-state index in [-0.39, 0.29) is 5.91 Å². The van der Waals surface area contributed by atoms with E-state index in [1.165, 1.54) is 0 Å². The molecule has 3 aromatic rings. The Labute approximate surface area is 148 Å². The second-order valence-corrected chi connectivity index (χ2v) is 7.17. The molecule has 3 aromatic heterocycles. The van der Waals surface area contributed by atoms with Crippen molar-refractivity contribution in [3.63, 3.8) is 0 Å². The van der Waals surface area contributed by atoms with Crippen LogP contribution in [0.2, 0.25) is 0 Å². The number of amides is 1. The average molecular weight is 388 g/mol. The zero-order valence-corrected chi connectivity index (χ0v) is 15.2. The zero-order chi connectivity index (χ0) is 16.8. The average Bonchev–Trinajstić information content (AvgIpc) is 3.24. The maximum atomic E-state index is 13.1. The second-order valence-electron chi connectivity index (χ2n) is 6.25. The lowest BCUT2D eigenvalue weighted by atomic mass is 10.1. The first-order valence-electron chi connectivity index (χ1n) is 7.95. The number of rotatable bonds is 2. The number of hydrogen-bond donors (Lipinski definition) is 0. The number of aromatic nitrogens is 4. The summed E-state index contributed by atoms with van der Waals surface area (Å²) in [7, 11) is 2.00. The molecule has 0 spiro atoms. The van der Waals surface area contributed by atoms with Crippen LogP contribution in [0.3, 0.4) is 0 Å². The summed E-state index contributed by atoms with van der Waals surface area (Å²) < 4.78 is 4.83. The van der Waals surface area contributed by atoms with Gasteiger partial charge in [0.2, 0.25) is 0 Å². The monoisotopic (exact) mass is 387 g/mol. The molecule has 1 saturated heterocycles. The highest BCUT2D eigenvalue weighted by Crippen LogP contribution is 2.28. The first-order chi connectivity index (χ1) is 11.5. The quantitative estimate of drug-likeness (QED) is 0.679. The third-order valence-corrected chi connectivity index (χ3v) is 5.13. The number of pyridine rings is 1. The zero-order valence-electron chi connectivity index (χ0n) is 13.6. The molecule has 1 amide bonds. The molecule has 4 rings (SSSR count). The summed E-state index contributed by atoms with van der Waals surface area (Å²) in [6.45, 7) is 3.34. The van der Waals surface area contributed by atoms with Crippen LogP contribution in [-0.4, -0.2) is 42.8 Å². The highest BCUT2D eigenvalue weighted by Gasteiger charge is 2.32. The predicted octanol–water partition coefficient (Wildman–Crippen LogP) is 2.77. The van der Waals surface area contributed by atoms with Crippen molar-refractivity contribution in [1.29, 1.82) is 0 Å². The molecule has 0 bridgehead atoms. The Kier molecular flexibility index (Phi) is 3.68. The lowest BCUT2D eigenvalue weighted by Gasteiger charge is -2.17. The van der Waals surface area contributed by atoms with Crippen molar-refractivity contribution in [3.05, 3.63) is 52.4 Å². The molecule has 0 aliphatic carbocycles. The van der Waals surface area contributed by atoms with E-state index in [1.54, 1.807) is 0 Å². The van der Waals surface area contributed by atoms with Gasteiger partial charge in [-0.25, -0.2) is 9.97 Å². The van der Waals surface area contributed by atoms with Gasteiger partial charge in [0, 0.05) is 49.1 Å². The number of carbonyl (C=O) groups excluding carboxylic acids is 1. The molecule has 0 saturated carbocycles. The van der Waals surface area contributed by atoms with Crippen LogP contribution in [0.4, 0.5) is 0 Å². The van der Waals surface area contributed by atoms with Crippen LogP contribution in [0, 0.1) is 6.92 Å². The second kappa shape index (κ2) is 5.73. The third-order valence-electron chi connectivity index (χ3n) is 4.66. The molecule has 1 aliphatic heterocycles. The van der Waals surface area contributed by atoms with Crippen LogP contribution in [-0.2, 0) is 7.05 Å². The van der Waals surface area contributed by atoms with Crippen LogP contribution in [0.15, 0.2) is 35.2 Å². The first kappa shape index (κ1) is 15.4. The number of aryl methyl sites for hydroxylation is 2. The van der Waals surface area contributed by atoms with Gasteiger partial charge in [-0.3, -0.25) is 9.20 Å². The van der Waals surface area contributed by atoms with Gasteiger partial charge < -0.3 is 9.47 Å². The maximum Gasteiger partial charge on any atom is 0.272 e. The van der Waals surface area contributed by atoms with E-state index in [0.717, 1.165) is 34.6 Å². The summed E-state index contributed by atoms with van der Waals surface area (Å²) in [6, 6.07) is 3.84. The van der Waals surface area contributed by atoms with Crippen LogP contribution in [0.1, 0.15) is 34.3 Å². The molecule has 4 heterocycles. The van der Waals surface area contributed by atoms with Crippen molar-refractivity contribution in [2.75, 3.05) is 13.1 Å². The van der Waals surface area contributed by atoms with Gasteiger partial charge in [0.05, 0.1) is 5.69 Å². The highest BCUT2D eigenvalue weighted by molar-refractivity contribution is 9.10. The van der Waals surface area contributed by atoms with Crippen molar-refractivity contribution in [1.82, 2.24) is 23.8 Å². The van der Waals surface area contributed by atoms with E-state index in [1.807, 2.05) is 58.6 Å². The molecule has 0 aromatic carbocycles. The number of nitrogens with zero attached hydrogens (tertiary/aromatic N) is 5. The number of hydrogen-bond acceptors (Lipinski definition) is 3. The topological polar surface area (TPSA) is 55.4 Å². The first-order valence-corrected chi connectivity index (χ1v) is 8.74. The van der Waals surface area contributed by atoms with Gasteiger partial charge in [0.1, 0.15) is 17.2 Å². The maximum absolute atomic E-state index is 13.1. The standard InChI is InChI=1S/C17H18BrN5O/c1-11-15(23-10-13(18)3-4-14(23)20-11)17(24)22-7-5-12(9-22)16-19-6-8-21(16)2/h3-4,6,8,10,12H,5,7,9H2,1-2H3. The van der Waals surface area contributed by atoms with E-state index in [2.05, 4.69) is 25.9 Å². The van der Waals surface area contributed by atoms with Gasteiger partial charge in [-0.1, -0.05) is 0 Å². The van der Waals surface area contributed by atoms with Gasteiger partial charge >= 0.3 is 0 Å². The lowest BCUT2D eigenvalue weighted by Crippen LogP contribution is -2.30.